The van der Waals surface area contributed by atoms with Gasteiger partial charge in [-0.3, -0.25) is 0 Å². The van der Waals surface area contributed by atoms with Crippen LogP contribution < -0.4 is 13.6 Å². The van der Waals surface area contributed by atoms with Crippen molar-refractivity contribution in [1.82, 2.24) is 0 Å². The van der Waals surface area contributed by atoms with Crippen molar-refractivity contribution in [2.45, 2.75) is 17.5 Å². The molecule has 0 spiro atoms. The van der Waals surface area contributed by atoms with Crippen LogP contribution in [0.5, 0.6) is 0 Å². The molecule has 1 aliphatic heterocycles. The number of fused-ring (bicyclic) bond motifs is 4. The molecule has 4 heteroatoms. The molecule has 0 amide bonds. The van der Waals surface area contributed by atoms with Crippen molar-refractivity contribution in [3.05, 3.63) is 107 Å². The molecule has 162 valence electrons. The number of benzene rings is 4. The zero-order valence-corrected chi connectivity index (χ0v) is 24.1. The summed E-state index contributed by atoms with van der Waals surface area (Å²) >= 11 is -3.84. The number of allylic oxidation sites excluding steroid dienone is 1. The van der Waals surface area contributed by atoms with Gasteiger partial charge in [-0.05, 0) is 0 Å². The Kier molecular flexibility index (Phi) is 5.42. The summed E-state index contributed by atoms with van der Waals surface area (Å²) in [6.45, 7) is 4.42. The first-order chi connectivity index (χ1) is 16.0. The molecule has 1 heterocycles. The van der Waals surface area contributed by atoms with E-state index in [9.17, 15) is 0 Å². The molecule has 0 saturated heterocycles. The van der Waals surface area contributed by atoms with Crippen LogP contribution in [0, 0.1) is 6.92 Å². The normalized spacial score (nSPS) is 17.0. The Morgan fingerprint density at radius 2 is 1.48 bits per heavy atom. The van der Waals surface area contributed by atoms with E-state index in [0.717, 1.165) is 0 Å². The van der Waals surface area contributed by atoms with Gasteiger partial charge in [0.1, 0.15) is 0 Å². The van der Waals surface area contributed by atoms with Gasteiger partial charge < -0.3 is 0 Å². The maximum absolute atomic E-state index is 7.61. The van der Waals surface area contributed by atoms with Crippen molar-refractivity contribution in [2.75, 3.05) is 0 Å². The van der Waals surface area contributed by atoms with Gasteiger partial charge in [-0.2, -0.15) is 0 Å². The summed E-state index contributed by atoms with van der Waals surface area (Å²) in [5, 5.41) is 2.99. The van der Waals surface area contributed by atoms with Crippen LogP contribution in [0.2, 0.25) is 0 Å². The second-order valence-corrected chi connectivity index (χ2v) is 25.1. The zero-order valence-electron chi connectivity index (χ0n) is 18.7. The van der Waals surface area contributed by atoms with Gasteiger partial charge in [0.2, 0.25) is 0 Å². The Hall–Kier alpha value is -1.70. The summed E-state index contributed by atoms with van der Waals surface area (Å²) in [6, 6.07) is 30.7. The van der Waals surface area contributed by atoms with E-state index in [2.05, 4.69) is 105 Å². The number of rotatable bonds is 3. The topological polar surface area (TPSA) is 0 Å². The fraction of sp³-hybridized carbons (Fsp3) is 0.103. The van der Waals surface area contributed by atoms with Crippen LogP contribution in [0.1, 0.15) is 27.2 Å². The summed E-state index contributed by atoms with van der Waals surface area (Å²) in [5.74, 6) is 0. The summed E-state index contributed by atoms with van der Waals surface area (Å²) in [4.78, 5) is 0. The first-order valence-corrected chi connectivity index (χ1v) is 21.8. The fourth-order valence-electron chi connectivity index (χ4n) is 5.80. The van der Waals surface area contributed by atoms with Gasteiger partial charge in [-0.1, -0.05) is 0 Å². The van der Waals surface area contributed by atoms with Crippen LogP contribution in [-0.2, 0) is 17.9 Å². The minimum atomic E-state index is -3.84. The van der Waals surface area contributed by atoms with Gasteiger partial charge in [-0.25, -0.2) is 0 Å². The number of aryl methyl sites for hydroxylation is 1. The molecular formula is C29H24Cl2SiZr. The molecule has 0 radical (unpaired) electrons. The van der Waals surface area contributed by atoms with E-state index >= 15 is 0 Å². The predicted molar refractivity (Wildman–Crippen MR) is 144 cm³/mol. The van der Waals surface area contributed by atoms with Gasteiger partial charge in [0.25, 0.3) is 0 Å². The van der Waals surface area contributed by atoms with Crippen molar-refractivity contribution in [1.29, 1.82) is 0 Å². The Balaban J connectivity index is 1.50. The van der Waals surface area contributed by atoms with E-state index in [0.29, 0.717) is 0 Å². The predicted octanol–water partition coefficient (Wildman–Crippen LogP) is 6.01. The van der Waals surface area contributed by atoms with Gasteiger partial charge in [0.15, 0.2) is 0 Å². The minimum absolute atomic E-state index is 0.130. The molecular weight excluding hydrogens is 539 g/mol. The third-order valence-electron chi connectivity index (χ3n) is 7.26. The van der Waals surface area contributed by atoms with Crippen molar-refractivity contribution in [3.63, 3.8) is 0 Å². The van der Waals surface area contributed by atoms with Gasteiger partial charge in [0.05, 0.1) is 0 Å². The van der Waals surface area contributed by atoms with Crippen molar-refractivity contribution in [2.24, 2.45) is 0 Å². The molecule has 6 rings (SSSR count). The van der Waals surface area contributed by atoms with Crippen molar-refractivity contribution in [3.8, 4) is 22.3 Å². The van der Waals surface area contributed by atoms with Crippen LogP contribution in [0.4, 0.5) is 0 Å². The molecule has 0 bridgehead atoms. The van der Waals surface area contributed by atoms with Gasteiger partial charge in [0, 0.05) is 0 Å². The number of hydrogen-bond donors (Lipinski definition) is 0. The molecule has 2 aliphatic rings. The van der Waals surface area contributed by atoms with Crippen LogP contribution in [0.25, 0.3) is 28.3 Å². The Morgan fingerprint density at radius 1 is 0.758 bits per heavy atom. The summed E-state index contributed by atoms with van der Waals surface area (Å²) in [6.07, 6.45) is 2.35. The molecule has 0 saturated carbocycles. The van der Waals surface area contributed by atoms with Crippen LogP contribution in [-0.4, -0.2) is 9.52 Å². The monoisotopic (exact) mass is 560 g/mol. The summed E-state index contributed by atoms with van der Waals surface area (Å²) in [7, 11) is 14.6. The van der Waals surface area contributed by atoms with Crippen LogP contribution >= 0.6 is 17.0 Å². The Morgan fingerprint density at radius 3 is 2.30 bits per heavy atom. The van der Waals surface area contributed by atoms with Crippen molar-refractivity contribution >= 4 is 46.3 Å². The summed E-state index contributed by atoms with van der Waals surface area (Å²) in [5.41, 5.74) is 10.5. The van der Waals surface area contributed by atoms with Crippen molar-refractivity contribution < 1.29 is 17.9 Å². The zero-order chi connectivity index (χ0) is 22.7. The van der Waals surface area contributed by atoms with E-state index in [1.165, 1.54) is 58.2 Å². The van der Waals surface area contributed by atoms with E-state index in [1.807, 2.05) is 0 Å². The molecule has 1 aliphatic carbocycles. The molecule has 0 N–H and O–H groups in total. The molecule has 33 heavy (non-hydrogen) atoms. The molecule has 4 aromatic carbocycles. The SMILES string of the molecule is CC1=Cc2c(ccc(C)c2-c2ccccc2)[CH]1[Zr]([Cl])([Cl])[c]1cccc2c1[SiH2]c1ccccc1-2. The average Bonchev–Trinajstić information content (AvgIpc) is 3.36. The standard InChI is InChI=1S/C17H15.C12H9Si.2ClH.Zr/c1-12-10-15-9-8-13(2)17(16(15)11-12)14-6-4-3-5-7-14;1-3-7-11-9(5-1)10-6-2-4-8-12(10)13-11;;;/h3-11H,1-2H3;1-7H,13H2;2*1H;/q;;;;+2/p-2. The third kappa shape index (κ3) is 3.41. The first-order valence-electron chi connectivity index (χ1n) is 11.4. The van der Waals surface area contributed by atoms with E-state index in [4.69, 9.17) is 17.0 Å². The first kappa shape index (κ1) is 21.8. The Labute approximate surface area is 209 Å². The maximum atomic E-state index is 7.61. The number of hydrogen-bond acceptors (Lipinski definition) is 0. The fourth-order valence-corrected chi connectivity index (χ4v) is 22.9. The molecule has 4 aromatic rings. The van der Waals surface area contributed by atoms with E-state index < -0.39 is 27.4 Å². The summed E-state index contributed by atoms with van der Waals surface area (Å²) < 4.78 is 1.42. The van der Waals surface area contributed by atoms with Crippen LogP contribution in [0.3, 0.4) is 0 Å². The van der Waals surface area contributed by atoms with Gasteiger partial charge in [-0.15, -0.1) is 0 Å². The third-order valence-corrected chi connectivity index (χ3v) is 21.8. The molecule has 1 atom stereocenters. The van der Waals surface area contributed by atoms with E-state index in [-0.39, 0.29) is 3.63 Å². The molecule has 0 aromatic heterocycles. The second-order valence-electron chi connectivity index (χ2n) is 9.24. The molecule has 1 unspecified atom stereocenters. The van der Waals surface area contributed by atoms with E-state index in [1.54, 1.807) is 0 Å². The van der Waals surface area contributed by atoms with Crippen LogP contribution in [0.15, 0.2) is 90.5 Å². The van der Waals surface area contributed by atoms with Gasteiger partial charge >= 0.3 is 211 Å². The molecule has 0 fully saturated rings. The Bertz CT molecular complexity index is 1440. The number of halogens is 2. The average molecular weight is 563 g/mol. The second kappa shape index (κ2) is 8.21. The molecule has 0 nitrogen and oxygen atoms in total. The quantitative estimate of drug-likeness (QED) is 0.237.